The third-order valence-electron chi connectivity index (χ3n) is 3.65. The van der Waals surface area contributed by atoms with Crippen LogP contribution in [0.5, 0.6) is 0 Å². The summed E-state index contributed by atoms with van der Waals surface area (Å²) < 4.78 is 2.14. The molecule has 2 aromatic heterocycles. The molecule has 94 valence electrons. The van der Waals surface area contributed by atoms with Crippen LogP contribution in [0.3, 0.4) is 0 Å². The third-order valence-corrected chi connectivity index (χ3v) is 3.65. The van der Waals surface area contributed by atoms with Crippen molar-refractivity contribution in [3.05, 3.63) is 36.2 Å². The zero-order valence-electron chi connectivity index (χ0n) is 11.1. The molecule has 4 heteroatoms. The number of nitrogens with zero attached hydrogens (tertiary/aromatic N) is 4. The highest BCUT2D eigenvalue weighted by molar-refractivity contribution is 5.61. The van der Waals surface area contributed by atoms with Gasteiger partial charge < -0.3 is 4.90 Å². The first-order chi connectivity index (χ1) is 8.72. The van der Waals surface area contributed by atoms with Crippen LogP contribution in [0, 0.1) is 0 Å². The summed E-state index contributed by atoms with van der Waals surface area (Å²) >= 11 is 0. The lowest BCUT2D eigenvalue weighted by Gasteiger charge is -2.31. The van der Waals surface area contributed by atoms with Gasteiger partial charge in [-0.2, -0.15) is 0 Å². The van der Waals surface area contributed by atoms with Crippen LogP contribution in [0.2, 0.25) is 0 Å². The molecule has 0 fully saturated rings. The highest BCUT2D eigenvalue weighted by Crippen LogP contribution is 2.36. The van der Waals surface area contributed by atoms with E-state index in [1.807, 2.05) is 18.7 Å². The second-order valence-electron chi connectivity index (χ2n) is 4.94. The van der Waals surface area contributed by atoms with Gasteiger partial charge in [0.15, 0.2) is 0 Å². The number of fused-ring (bicyclic) bond motifs is 3. The van der Waals surface area contributed by atoms with Crippen LogP contribution in [0.4, 0.5) is 5.82 Å². The molecule has 0 bridgehead atoms. The molecule has 0 aromatic carbocycles. The largest absolute Gasteiger partial charge is 0.333 e. The van der Waals surface area contributed by atoms with Crippen molar-refractivity contribution in [1.82, 2.24) is 14.4 Å². The van der Waals surface area contributed by atoms with Gasteiger partial charge in [0.05, 0.1) is 23.6 Å². The molecule has 0 spiro atoms. The maximum atomic E-state index is 4.64. The van der Waals surface area contributed by atoms with Crippen molar-refractivity contribution in [2.45, 2.75) is 33.1 Å². The Morgan fingerprint density at radius 3 is 2.94 bits per heavy atom. The highest BCUT2D eigenvalue weighted by Gasteiger charge is 2.25. The van der Waals surface area contributed by atoms with Gasteiger partial charge in [0.2, 0.25) is 0 Å². The Morgan fingerprint density at radius 1 is 1.33 bits per heavy atom. The van der Waals surface area contributed by atoms with Crippen LogP contribution < -0.4 is 4.90 Å². The standard InChI is InChI=1S/C14H18N4/c1-4-5-17-8-10(2)11(3)13-14(17)18-9-15-6-12(18)7-16-13/h6-9,11H,4-5H2,1-3H3. The molecule has 0 aliphatic carbocycles. The molecule has 1 aliphatic rings. The first-order valence-electron chi connectivity index (χ1n) is 6.48. The van der Waals surface area contributed by atoms with E-state index < -0.39 is 0 Å². The van der Waals surface area contributed by atoms with Crippen LogP contribution in [0.1, 0.15) is 38.8 Å². The minimum absolute atomic E-state index is 0.375. The molecule has 0 saturated carbocycles. The van der Waals surface area contributed by atoms with E-state index in [-0.39, 0.29) is 0 Å². The number of anilines is 1. The lowest BCUT2D eigenvalue weighted by atomic mass is 9.96. The summed E-state index contributed by atoms with van der Waals surface area (Å²) in [7, 11) is 0. The van der Waals surface area contributed by atoms with Crippen LogP contribution >= 0.6 is 0 Å². The quantitative estimate of drug-likeness (QED) is 0.811. The summed E-state index contributed by atoms with van der Waals surface area (Å²) in [6, 6.07) is 0. The van der Waals surface area contributed by atoms with Crippen molar-refractivity contribution >= 4 is 11.3 Å². The maximum Gasteiger partial charge on any atom is 0.141 e. The van der Waals surface area contributed by atoms with Gasteiger partial charge in [-0.3, -0.25) is 9.38 Å². The number of hydrogen-bond acceptors (Lipinski definition) is 3. The SMILES string of the molecule is CCCN1C=C(C)C(C)c2ncc3cncn3c21. The molecule has 1 unspecified atom stereocenters. The average Bonchev–Trinajstić information content (AvgIpc) is 2.83. The minimum Gasteiger partial charge on any atom is -0.333 e. The Bertz CT molecular complexity index is 611. The monoisotopic (exact) mass is 242 g/mol. The van der Waals surface area contributed by atoms with Crippen molar-refractivity contribution in [2.24, 2.45) is 0 Å². The normalized spacial score (nSPS) is 18.9. The van der Waals surface area contributed by atoms with Gasteiger partial charge in [0.1, 0.15) is 12.1 Å². The molecule has 1 atom stereocenters. The Hall–Kier alpha value is -1.84. The Kier molecular flexibility index (Phi) is 2.58. The minimum atomic E-state index is 0.375. The van der Waals surface area contributed by atoms with Crippen LogP contribution in [-0.4, -0.2) is 20.9 Å². The van der Waals surface area contributed by atoms with E-state index in [1.54, 1.807) is 0 Å². The Balaban J connectivity index is 2.25. The summed E-state index contributed by atoms with van der Waals surface area (Å²) in [5.41, 5.74) is 3.56. The molecule has 0 N–H and O–H groups in total. The molecule has 0 amide bonds. The molecule has 0 radical (unpaired) electrons. The number of rotatable bonds is 2. The summed E-state index contributed by atoms with van der Waals surface area (Å²) in [6.07, 6.45) is 9.00. The number of allylic oxidation sites excluding steroid dienone is 1. The van der Waals surface area contributed by atoms with Gasteiger partial charge in [-0.1, -0.05) is 13.8 Å². The molecular weight excluding hydrogens is 224 g/mol. The van der Waals surface area contributed by atoms with Gasteiger partial charge in [0, 0.05) is 18.7 Å². The Labute approximate surface area is 107 Å². The Morgan fingerprint density at radius 2 is 2.17 bits per heavy atom. The topological polar surface area (TPSA) is 33.4 Å². The second kappa shape index (κ2) is 4.12. The predicted octanol–water partition coefficient (Wildman–Crippen LogP) is 2.97. The average molecular weight is 242 g/mol. The second-order valence-corrected chi connectivity index (χ2v) is 4.94. The van der Waals surface area contributed by atoms with Gasteiger partial charge >= 0.3 is 0 Å². The molecule has 18 heavy (non-hydrogen) atoms. The zero-order valence-corrected chi connectivity index (χ0v) is 11.1. The fourth-order valence-electron chi connectivity index (χ4n) is 2.53. The molecular formula is C14H18N4. The van der Waals surface area contributed by atoms with E-state index in [0.717, 1.165) is 24.2 Å². The van der Waals surface area contributed by atoms with Crippen LogP contribution in [0.15, 0.2) is 30.5 Å². The first-order valence-corrected chi connectivity index (χ1v) is 6.48. The fraction of sp³-hybridized carbons (Fsp3) is 0.429. The first kappa shape index (κ1) is 11.3. The van der Waals surface area contributed by atoms with Gasteiger partial charge in [0.25, 0.3) is 0 Å². The van der Waals surface area contributed by atoms with E-state index >= 15 is 0 Å². The van der Waals surface area contributed by atoms with E-state index in [9.17, 15) is 0 Å². The van der Waals surface area contributed by atoms with Crippen molar-refractivity contribution in [3.8, 4) is 0 Å². The van der Waals surface area contributed by atoms with Gasteiger partial charge in [-0.25, -0.2) is 4.98 Å². The molecule has 0 saturated heterocycles. The van der Waals surface area contributed by atoms with Gasteiger partial charge in [-0.05, 0) is 18.9 Å². The van der Waals surface area contributed by atoms with Crippen LogP contribution in [0.25, 0.3) is 5.52 Å². The number of imidazole rings is 1. The third kappa shape index (κ3) is 1.52. The summed E-state index contributed by atoms with van der Waals surface area (Å²) in [5.74, 6) is 1.55. The maximum absolute atomic E-state index is 4.64. The van der Waals surface area contributed by atoms with Crippen molar-refractivity contribution in [2.75, 3.05) is 11.4 Å². The summed E-state index contributed by atoms with van der Waals surface area (Å²) in [6.45, 7) is 7.60. The fourth-order valence-corrected chi connectivity index (χ4v) is 2.53. The highest BCUT2D eigenvalue weighted by atomic mass is 15.2. The van der Waals surface area contributed by atoms with Crippen molar-refractivity contribution < 1.29 is 0 Å². The number of hydrogen-bond donors (Lipinski definition) is 0. The van der Waals surface area contributed by atoms with E-state index in [1.165, 1.54) is 11.4 Å². The zero-order chi connectivity index (χ0) is 12.7. The van der Waals surface area contributed by atoms with E-state index in [4.69, 9.17) is 0 Å². The molecule has 4 nitrogen and oxygen atoms in total. The summed E-state index contributed by atoms with van der Waals surface area (Å²) in [4.78, 5) is 11.2. The molecule has 3 rings (SSSR count). The molecule has 1 aliphatic heterocycles. The van der Waals surface area contributed by atoms with Crippen LogP contribution in [-0.2, 0) is 0 Å². The predicted molar refractivity (Wildman–Crippen MR) is 72.8 cm³/mol. The van der Waals surface area contributed by atoms with E-state index in [2.05, 4.69) is 46.2 Å². The van der Waals surface area contributed by atoms with E-state index in [0.29, 0.717) is 5.92 Å². The van der Waals surface area contributed by atoms with Crippen molar-refractivity contribution in [3.63, 3.8) is 0 Å². The number of aromatic nitrogens is 3. The van der Waals surface area contributed by atoms with Crippen molar-refractivity contribution in [1.29, 1.82) is 0 Å². The molecule has 2 aromatic rings. The summed E-state index contributed by atoms with van der Waals surface area (Å²) in [5, 5.41) is 0. The van der Waals surface area contributed by atoms with Gasteiger partial charge in [-0.15, -0.1) is 0 Å². The lowest BCUT2D eigenvalue weighted by molar-refractivity contribution is 0.751. The smallest absolute Gasteiger partial charge is 0.141 e. The molecule has 3 heterocycles. The lowest BCUT2D eigenvalue weighted by Crippen LogP contribution is -2.27.